The summed E-state index contributed by atoms with van der Waals surface area (Å²) < 4.78 is 18.8. The molecule has 1 N–H and O–H groups in total. The van der Waals surface area contributed by atoms with Gasteiger partial charge in [-0.1, -0.05) is 41.9 Å². The van der Waals surface area contributed by atoms with Crippen LogP contribution in [-0.2, 0) is 22.6 Å². The van der Waals surface area contributed by atoms with Gasteiger partial charge in [0.25, 0.3) is 0 Å². The molecule has 0 aromatic heterocycles. The van der Waals surface area contributed by atoms with Gasteiger partial charge >= 0.3 is 12.1 Å². The van der Waals surface area contributed by atoms with E-state index in [2.05, 4.69) is 0 Å². The third kappa shape index (κ3) is 3.05. The number of fused-ring (bicyclic) bond motifs is 1. The van der Waals surface area contributed by atoms with Gasteiger partial charge in [-0.3, -0.25) is 4.90 Å². The van der Waals surface area contributed by atoms with Crippen molar-refractivity contribution in [2.75, 3.05) is 4.90 Å². The molecule has 0 aliphatic carbocycles. The fourth-order valence-electron chi connectivity index (χ4n) is 2.67. The number of carboxylic acids is 1. The minimum Gasteiger partial charge on any atom is -0.480 e. The first kappa shape index (κ1) is 16.3. The van der Waals surface area contributed by atoms with Crippen LogP contribution in [-0.4, -0.2) is 23.2 Å². The second kappa shape index (κ2) is 6.49. The van der Waals surface area contributed by atoms with Crippen molar-refractivity contribution in [2.45, 2.75) is 19.1 Å². The average Bonchev–Trinajstić information content (AvgIpc) is 2.93. The Balaban J connectivity index is 1.87. The molecule has 1 aliphatic rings. The van der Waals surface area contributed by atoms with Crippen LogP contribution >= 0.6 is 11.6 Å². The lowest BCUT2D eigenvalue weighted by atomic mass is 10.1. The number of carbonyl (C=O) groups excluding carboxylic acids is 1. The number of ether oxygens (including phenoxy) is 1. The first-order valence-corrected chi connectivity index (χ1v) is 7.56. The van der Waals surface area contributed by atoms with Crippen LogP contribution in [0.1, 0.15) is 11.1 Å². The predicted octanol–water partition coefficient (Wildman–Crippen LogP) is 3.63. The van der Waals surface area contributed by atoms with E-state index >= 15 is 0 Å². The highest BCUT2D eigenvalue weighted by atomic mass is 35.5. The number of benzene rings is 2. The molecule has 1 atom stereocenters. The van der Waals surface area contributed by atoms with Gasteiger partial charge in [0.15, 0.2) is 0 Å². The first-order valence-electron chi connectivity index (χ1n) is 7.18. The number of hydrogen-bond acceptors (Lipinski definition) is 3. The minimum absolute atomic E-state index is 0.00418. The quantitative estimate of drug-likeness (QED) is 0.918. The van der Waals surface area contributed by atoms with Crippen molar-refractivity contribution >= 4 is 29.4 Å². The number of hydrogen-bond donors (Lipinski definition) is 1. The number of halogens is 2. The van der Waals surface area contributed by atoms with Gasteiger partial charge in [-0.15, -0.1) is 0 Å². The van der Waals surface area contributed by atoms with E-state index in [1.807, 2.05) is 6.07 Å². The van der Waals surface area contributed by atoms with Crippen LogP contribution in [0.15, 0.2) is 42.5 Å². The summed E-state index contributed by atoms with van der Waals surface area (Å²) in [4.78, 5) is 24.8. The summed E-state index contributed by atoms with van der Waals surface area (Å²) >= 11 is 5.98. The van der Waals surface area contributed by atoms with Gasteiger partial charge in [-0.25, -0.2) is 14.0 Å². The lowest BCUT2D eigenvalue weighted by Gasteiger charge is -2.22. The Hall–Kier alpha value is -2.60. The van der Waals surface area contributed by atoms with Crippen LogP contribution < -0.4 is 4.90 Å². The maximum absolute atomic E-state index is 13.6. The Morgan fingerprint density at radius 3 is 2.67 bits per heavy atom. The molecule has 0 bridgehead atoms. The zero-order valence-electron chi connectivity index (χ0n) is 12.4. The maximum atomic E-state index is 13.6. The van der Waals surface area contributed by atoms with Crippen molar-refractivity contribution in [3.63, 3.8) is 0 Å². The summed E-state index contributed by atoms with van der Waals surface area (Å²) in [5, 5.41) is 9.46. The van der Waals surface area contributed by atoms with E-state index in [1.165, 1.54) is 0 Å². The third-order valence-electron chi connectivity index (χ3n) is 3.79. The van der Waals surface area contributed by atoms with Gasteiger partial charge in [0.1, 0.15) is 18.5 Å². The van der Waals surface area contributed by atoms with E-state index < -0.39 is 23.9 Å². The van der Waals surface area contributed by atoms with Crippen molar-refractivity contribution < 1.29 is 23.8 Å². The highest BCUT2D eigenvalue weighted by molar-refractivity contribution is 6.32. The lowest BCUT2D eigenvalue weighted by molar-refractivity contribution is -0.138. The molecule has 0 fully saturated rings. The number of amides is 1. The van der Waals surface area contributed by atoms with Gasteiger partial charge < -0.3 is 9.84 Å². The van der Waals surface area contributed by atoms with Crippen LogP contribution in [0.5, 0.6) is 0 Å². The Morgan fingerprint density at radius 1 is 1.29 bits per heavy atom. The van der Waals surface area contributed by atoms with E-state index in [-0.39, 0.29) is 23.7 Å². The zero-order valence-corrected chi connectivity index (χ0v) is 13.2. The molecule has 1 aliphatic heterocycles. The van der Waals surface area contributed by atoms with E-state index in [0.717, 1.165) is 22.6 Å². The molecule has 3 rings (SSSR count). The molecule has 0 spiro atoms. The summed E-state index contributed by atoms with van der Waals surface area (Å²) in [7, 11) is 0. The van der Waals surface area contributed by atoms with Crippen molar-refractivity contribution in [3.8, 4) is 0 Å². The molecule has 0 saturated carbocycles. The molecule has 2 aromatic rings. The SMILES string of the molecule is O=C(O)[C@H]1Cc2c(Cl)cc(F)cc2N1C(=O)OCc1ccccc1. The van der Waals surface area contributed by atoms with Crippen LogP contribution in [0.2, 0.25) is 5.02 Å². The Labute approximate surface area is 142 Å². The zero-order chi connectivity index (χ0) is 17.3. The number of nitrogens with zero attached hydrogens (tertiary/aromatic N) is 1. The summed E-state index contributed by atoms with van der Waals surface area (Å²) in [6.45, 7) is -0.0130. The Bertz CT molecular complexity index is 797. The van der Waals surface area contributed by atoms with Crippen molar-refractivity contribution in [1.29, 1.82) is 0 Å². The van der Waals surface area contributed by atoms with Crippen LogP contribution in [0, 0.1) is 5.82 Å². The summed E-state index contributed by atoms with van der Waals surface area (Å²) in [6.07, 6.45) is -0.851. The highest BCUT2D eigenvalue weighted by Crippen LogP contribution is 2.38. The van der Waals surface area contributed by atoms with Crippen LogP contribution in [0.4, 0.5) is 14.9 Å². The number of carbonyl (C=O) groups is 2. The lowest BCUT2D eigenvalue weighted by Crippen LogP contribution is -2.43. The fraction of sp³-hybridized carbons (Fsp3) is 0.176. The van der Waals surface area contributed by atoms with Gasteiger partial charge in [0.05, 0.1) is 5.69 Å². The maximum Gasteiger partial charge on any atom is 0.415 e. The molecular weight excluding hydrogens is 337 g/mol. The van der Waals surface area contributed by atoms with Crippen molar-refractivity contribution in [2.24, 2.45) is 0 Å². The summed E-state index contributed by atoms with van der Waals surface area (Å²) in [6, 6.07) is 9.97. The minimum atomic E-state index is -1.21. The highest BCUT2D eigenvalue weighted by Gasteiger charge is 2.41. The predicted molar refractivity (Wildman–Crippen MR) is 85.6 cm³/mol. The van der Waals surface area contributed by atoms with Gasteiger partial charge in [-0.2, -0.15) is 0 Å². The second-order valence-corrected chi connectivity index (χ2v) is 5.76. The smallest absolute Gasteiger partial charge is 0.415 e. The molecule has 0 unspecified atom stereocenters. The number of rotatable bonds is 3. The van der Waals surface area contributed by atoms with Gasteiger partial charge in [0.2, 0.25) is 0 Å². The van der Waals surface area contributed by atoms with E-state index in [4.69, 9.17) is 16.3 Å². The molecular formula is C17H13ClFNO4. The third-order valence-corrected chi connectivity index (χ3v) is 4.13. The van der Waals surface area contributed by atoms with Crippen molar-refractivity contribution in [1.82, 2.24) is 0 Å². The molecule has 2 aromatic carbocycles. The van der Waals surface area contributed by atoms with E-state index in [1.54, 1.807) is 24.3 Å². The van der Waals surface area contributed by atoms with Crippen LogP contribution in [0.25, 0.3) is 0 Å². The molecule has 7 heteroatoms. The van der Waals surface area contributed by atoms with Gasteiger partial charge in [0, 0.05) is 11.4 Å². The Morgan fingerprint density at radius 2 is 2.00 bits per heavy atom. The molecule has 1 heterocycles. The van der Waals surface area contributed by atoms with Crippen molar-refractivity contribution in [3.05, 3.63) is 64.4 Å². The normalized spacial score (nSPS) is 15.9. The standard InChI is InChI=1S/C17H13ClFNO4/c18-13-6-11(19)7-14-12(13)8-15(16(21)22)20(14)17(23)24-9-10-4-2-1-3-5-10/h1-7,15H,8-9H2,(H,21,22)/t15-/m1/s1. The van der Waals surface area contributed by atoms with E-state index in [9.17, 15) is 19.1 Å². The summed E-state index contributed by atoms with van der Waals surface area (Å²) in [5.41, 5.74) is 1.31. The fourth-order valence-corrected chi connectivity index (χ4v) is 2.95. The molecule has 5 nitrogen and oxygen atoms in total. The number of carboxylic acid groups (broad SMARTS) is 1. The number of anilines is 1. The largest absolute Gasteiger partial charge is 0.480 e. The Kier molecular flexibility index (Phi) is 4.40. The first-order chi connectivity index (χ1) is 11.5. The van der Waals surface area contributed by atoms with Gasteiger partial charge in [-0.05, 0) is 23.3 Å². The average molecular weight is 350 g/mol. The second-order valence-electron chi connectivity index (χ2n) is 5.35. The molecule has 0 saturated heterocycles. The summed E-state index contributed by atoms with van der Waals surface area (Å²) in [5.74, 6) is -1.86. The molecule has 1 amide bonds. The number of aliphatic carboxylic acids is 1. The van der Waals surface area contributed by atoms with Crippen LogP contribution in [0.3, 0.4) is 0 Å². The molecule has 124 valence electrons. The van der Waals surface area contributed by atoms with E-state index in [0.29, 0.717) is 5.56 Å². The molecule has 24 heavy (non-hydrogen) atoms. The monoisotopic (exact) mass is 349 g/mol. The topological polar surface area (TPSA) is 66.8 Å². The molecule has 0 radical (unpaired) electrons.